The van der Waals surface area contributed by atoms with E-state index < -0.39 is 0 Å². The second kappa shape index (κ2) is 4.87. The zero-order valence-electron chi connectivity index (χ0n) is 10.9. The van der Waals surface area contributed by atoms with Gasteiger partial charge in [-0.1, -0.05) is 17.7 Å². The van der Waals surface area contributed by atoms with E-state index in [2.05, 4.69) is 37.1 Å². The maximum Gasteiger partial charge on any atom is 0.0455 e. The lowest BCUT2D eigenvalue weighted by molar-refractivity contribution is 0.416. The van der Waals surface area contributed by atoms with Crippen LogP contribution in [0.3, 0.4) is 0 Å². The lowest BCUT2D eigenvalue weighted by Gasteiger charge is -2.32. The summed E-state index contributed by atoms with van der Waals surface area (Å²) in [6.07, 6.45) is 1.18. The third-order valence-electron chi connectivity index (χ3n) is 3.37. The van der Waals surface area contributed by atoms with Crippen molar-refractivity contribution in [3.63, 3.8) is 0 Å². The molecule has 2 rings (SSSR count). The third-order valence-corrected chi connectivity index (χ3v) is 3.78. The number of hydrogen-bond acceptors (Lipinski definition) is 2. The molecule has 17 heavy (non-hydrogen) atoms. The zero-order chi connectivity index (χ0) is 12.5. The van der Waals surface area contributed by atoms with Crippen LogP contribution in [0.4, 0.5) is 5.69 Å². The lowest BCUT2D eigenvalue weighted by Crippen LogP contribution is -2.46. The fourth-order valence-corrected chi connectivity index (χ4v) is 2.62. The highest BCUT2D eigenvalue weighted by Crippen LogP contribution is 2.28. The molecular weight excluding hydrogens is 232 g/mol. The highest BCUT2D eigenvalue weighted by Gasteiger charge is 2.24. The van der Waals surface area contributed by atoms with Gasteiger partial charge in [-0.3, -0.25) is 0 Å². The summed E-state index contributed by atoms with van der Waals surface area (Å²) in [5.74, 6) is 0. The quantitative estimate of drug-likeness (QED) is 0.826. The van der Waals surface area contributed by atoms with Crippen molar-refractivity contribution in [2.45, 2.75) is 32.7 Å². The van der Waals surface area contributed by atoms with Crippen molar-refractivity contribution in [3.05, 3.63) is 28.8 Å². The Kier molecular flexibility index (Phi) is 3.64. The fraction of sp³-hybridized carbons (Fsp3) is 0.571. The van der Waals surface area contributed by atoms with Crippen LogP contribution < -0.4 is 10.2 Å². The summed E-state index contributed by atoms with van der Waals surface area (Å²) >= 11 is 6.20. The molecule has 1 aliphatic heterocycles. The van der Waals surface area contributed by atoms with E-state index in [1.54, 1.807) is 0 Å². The molecule has 1 N–H and O–H groups in total. The number of hydrogen-bond donors (Lipinski definition) is 1. The van der Waals surface area contributed by atoms with Crippen LogP contribution in [0.5, 0.6) is 0 Å². The Hall–Kier alpha value is -0.730. The Balaban J connectivity index is 2.29. The second-order valence-corrected chi connectivity index (χ2v) is 5.88. The Bertz CT molecular complexity index is 401. The number of anilines is 1. The third kappa shape index (κ3) is 2.93. The molecule has 0 aromatic heterocycles. The van der Waals surface area contributed by atoms with Gasteiger partial charge in [0.2, 0.25) is 0 Å². The van der Waals surface area contributed by atoms with E-state index in [0.29, 0.717) is 0 Å². The van der Waals surface area contributed by atoms with Crippen molar-refractivity contribution < 1.29 is 0 Å². The Morgan fingerprint density at radius 1 is 1.35 bits per heavy atom. The van der Waals surface area contributed by atoms with E-state index in [4.69, 9.17) is 11.6 Å². The molecule has 1 aromatic rings. The molecule has 1 aromatic carbocycles. The molecule has 0 unspecified atom stereocenters. The Morgan fingerprint density at radius 2 is 2.12 bits per heavy atom. The van der Waals surface area contributed by atoms with Gasteiger partial charge < -0.3 is 10.2 Å². The van der Waals surface area contributed by atoms with Gasteiger partial charge in [0, 0.05) is 29.3 Å². The smallest absolute Gasteiger partial charge is 0.0455 e. The van der Waals surface area contributed by atoms with Crippen LogP contribution in [0, 0.1) is 6.92 Å². The molecule has 1 aliphatic rings. The first kappa shape index (κ1) is 12.7. The van der Waals surface area contributed by atoms with Gasteiger partial charge in [0.05, 0.1) is 0 Å². The maximum atomic E-state index is 6.20. The van der Waals surface area contributed by atoms with Gasteiger partial charge in [0.15, 0.2) is 0 Å². The summed E-state index contributed by atoms with van der Waals surface area (Å²) < 4.78 is 0. The first-order valence-corrected chi connectivity index (χ1v) is 6.62. The molecule has 1 heterocycles. The highest BCUT2D eigenvalue weighted by molar-refractivity contribution is 6.31. The van der Waals surface area contributed by atoms with E-state index in [1.807, 2.05) is 12.1 Å². The van der Waals surface area contributed by atoms with Gasteiger partial charge in [0.25, 0.3) is 0 Å². The molecule has 0 atom stereocenters. The van der Waals surface area contributed by atoms with Crippen LogP contribution >= 0.6 is 11.6 Å². The SMILES string of the molecule is Cc1c(Cl)cccc1N1CCCNC(C)(C)C1. The maximum absolute atomic E-state index is 6.20. The lowest BCUT2D eigenvalue weighted by atomic mass is 10.0. The minimum atomic E-state index is 0.158. The molecule has 94 valence electrons. The Labute approximate surface area is 109 Å². The van der Waals surface area contributed by atoms with Gasteiger partial charge in [0.1, 0.15) is 0 Å². The van der Waals surface area contributed by atoms with E-state index in [-0.39, 0.29) is 5.54 Å². The topological polar surface area (TPSA) is 15.3 Å². The van der Waals surface area contributed by atoms with Gasteiger partial charge in [-0.05, 0) is 51.4 Å². The molecule has 0 aliphatic carbocycles. The Morgan fingerprint density at radius 3 is 2.88 bits per heavy atom. The van der Waals surface area contributed by atoms with Gasteiger partial charge in [-0.15, -0.1) is 0 Å². The molecule has 0 amide bonds. The average molecular weight is 253 g/mol. The average Bonchev–Trinajstić information content (AvgIpc) is 2.43. The molecule has 0 bridgehead atoms. The zero-order valence-corrected chi connectivity index (χ0v) is 11.6. The summed E-state index contributed by atoms with van der Waals surface area (Å²) in [5.41, 5.74) is 2.62. The van der Waals surface area contributed by atoms with Crippen molar-refractivity contribution in [2.24, 2.45) is 0 Å². The summed E-state index contributed by atoms with van der Waals surface area (Å²) in [7, 11) is 0. The van der Waals surface area contributed by atoms with Crippen LogP contribution in [0.25, 0.3) is 0 Å². The summed E-state index contributed by atoms with van der Waals surface area (Å²) in [6, 6.07) is 6.17. The first-order chi connectivity index (χ1) is 7.99. The van der Waals surface area contributed by atoms with Gasteiger partial charge in [-0.2, -0.15) is 0 Å². The van der Waals surface area contributed by atoms with Crippen LogP contribution in [0.2, 0.25) is 5.02 Å². The molecular formula is C14H21ClN2. The number of rotatable bonds is 1. The van der Waals surface area contributed by atoms with E-state index in [9.17, 15) is 0 Å². The van der Waals surface area contributed by atoms with Crippen molar-refractivity contribution in [1.29, 1.82) is 0 Å². The van der Waals surface area contributed by atoms with Crippen molar-refractivity contribution in [3.8, 4) is 0 Å². The van der Waals surface area contributed by atoms with E-state index in [0.717, 1.165) is 24.7 Å². The highest BCUT2D eigenvalue weighted by atomic mass is 35.5. The first-order valence-electron chi connectivity index (χ1n) is 6.25. The van der Waals surface area contributed by atoms with Crippen molar-refractivity contribution in [1.82, 2.24) is 5.32 Å². The summed E-state index contributed by atoms with van der Waals surface area (Å²) in [5, 5.41) is 4.44. The number of halogens is 1. The largest absolute Gasteiger partial charge is 0.369 e. The minimum absolute atomic E-state index is 0.158. The van der Waals surface area contributed by atoms with Crippen molar-refractivity contribution in [2.75, 3.05) is 24.5 Å². The van der Waals surface area contributed by atoms with Crippen LogP contribution in [-0.4, -0.2) is 25.2 Å². The van der Waals surface area contributed by atoms with E-state index in [1.165, 1.54) is 17.7 Å². The van der Waals surface area contributed by atoms with Crippen LogP contribution in [0.1, 0.15) is 25.8 Å². The number of nitrogens with one attached hydrogen (secondary N) is 1. The predicted molar refractivity (Wildman–Crippen MR) is 75.1 cm³/mol. The minimum Gasteiger partial charge on any atom is -0.369 e. The molecule has 1 fully saturated rings. The van der Waals surface area contributed by atoms with Gasteiger partial charge >= 0.3 is 0 Å². The normalized spacial score (nSPS) is 20.1. The second-order valence-electron chi connectivity index (χ2n) is 5.47. The summed E-state index contributed by atoms with van der Waals surface area (Å²) in [4.78, 5) is 2.45. The number of nitrogens with zero attached hydrogens (tertiary/aromatic N) is 1. The molecule has 0 spiro atoms. The van der Waals surface area contributed by atoms with Crippen LogP contribution in [0.15, 0.2) is 18.2 Å². The molecule has 0 saturated carbocycles. The molecule has 1 saturated heterocycles. The standard InChI is InChI=1S/C14H21ClN2/c1-11-12(15)6-4-7-13(11)17-9-5-8-16-14(2,3)10-17/h4,6-7,16H,5,8-10H2,1-3H3. The predicted octanol–water partition coefficient (Wildman–Crippen LogP) is 3.23. The van der Waals surface area contributed by atoms with Gasteiger partial charge in [-0.25, -0.2) is 0 Å². The molecule has 2 nitrogen and oxygen atoms in total. The van der Waals surface area contributed by atoms with Crippen LogP contribution in [-0.2, 0) is 0 Å². The van der Waals surface area contributed by atoms with Crippen molar-refractivity contribution >= 4 is 17.3 Å². The summed E-state index contributed by atoms with van der Waals surface area (Å²) in [6.45, 7) is 9.81. The molecule has 0 radical (unpaired) electrons. The van der Waals surface area contributed by atoms with E-state index >= 15 is 0 Å². The monoisotopic (exact) mass is 252 g/mol. The molecule has 3 heteroatoms. The number of benzene rings is 1. The fourth-order valence-electron chi connectivity index (χ4n) is 2.45.